The molecule has 2 rings (SSSR count). The van der Waals surface area contributed by atoms with Gasteiger partial charge >= 0.3 is 0 Å². The minimum atomic E-state index is -1.00. The Morgan fingerprint density at radius 1 is 1.48 bits per heavy atom. The van der Waals surface area contributed by atoms with Gasteiger partial charge in [0.2, 0.25) is 5.91 Å². The molecule has 2 heterocycles. The number of amides is 1. The van der Waals surface area contributed by atoms with Crippen LogP contribution in [0, 0.1) is 12.7 Å². The number of pyridine rings is 1. The highest BCUT2D eigenvalue weighted by Crippen LogP contribution is 2.34. The molecule has 1 unspecified atom stereocenters. The lowest BCUT2D eigenvalue weighted by atomic mass is 10.3. The highest BCUT2D eigenvalue weighted by atomic mass is 32.2. The molecule has 0 aromatic carbocycles. The van der Waals surface area contributed by atoms with Crippen LogP contribution in [0.25, 0.3) is 10.6 Å². The van der Waals surface area contributed by atoms with Gasteiger partial charge in [-0.3, -0.25) is 9.78 Å². The summed E-state index contributed by atoms with van der Waals surface area (Å²) < 4.78 is 24.5. The maximum absolute atomic E-state index is 13.3. The average molecular weight is 355 g/mol. The zero-order chi connectivity index (χ0) is 17.0. The molecule has 0 aliphatic rings. The third-order valence-electron chi connectivity index (χ3n) is 3.19. The normalized spacial score (nSPS) is 12.2. The molecule has 0 bridgehead atoms. The van der Waals surface area contributed by atoms with Gasteiger partial charge in [-0.15, -0.1) is 0 Å². The highest BCUT2D eigenvalue weighted by Gasteiger charge is 2.21. The Morgan fingerprint density at radius 2 is 2.22 bits per heavy atom. The lowest BCUT2D eigenvalue weighted by Crippen LogP contribution is -2.31. The molecule has 0 saturated carbocycles. The zero-order valence-corrected chi connectivity index (χ0v) is 14.8. The summed E-state index contributed by atoms with van der Waals surface area (Å²) in [6.45, 7) is 4.19. The summed E-state index contributed by atoms with van der Waals surface area (Å²) in [6, 6.07) is 1.37. The fourth-order valence-corrected chi connectivity index (χ4v) is 3.68. The second-order valence-electron chi connectivity index (χ2n) is 4.97. The predicted octanol–water partition coefficient (Wildman–Crippen LogP) is 2.77. The molecule has 23 heavy (non-hydrogen) atoms. The standard InChI is InChI=1S/C15H18FN3O2S2/c1-4-19(13(20)5-6-23(3)21)15-10(2)18-14(22-15)11-7-12(16)9-17-8-11/h7-9H,4-6H2,1-3H3. The number of aromatic nitrogens is 2. The van der Waals surface area contributed by atoms with E-state index in [1.54, 1.807) is 17.4 Å². The summed E-state index contributed by atoms with van der Waals surface area (Å²) in [5, 5.41) is 1.36. The minimum Gasteiger partial charge on any atom is -0.617 e. The van der Waals surface area contributed by atoms with Gasteiger partial charge in [0.05, 0.1) is 24.6 Å². The van der Waals surface area contributed by atoms with Crippen LogP contribution in [0.4, 0.5) is 9.39 Å². The van der Waals surface area contributed by atoms with E-state index in [4.69, 9.17) is 0 Å². The largest absolute Gasteiger partial charge is 0.617 e. The van der Waals surface area contributed by atoms with Gasteiger partial charge in [-0.25, -0.2) is 9.37 Å². The van der Waals surface area contributed by atoms with Gasteiger partial charge in [-0.1, -0.05) is 22.5 Å². The lowest BCUT2D eigenvalue weighted by Gasteiger charge is -2.19. The van der Waals surface area contributed by atoms with Crippen LogP contribution < -0.4 is 4.90 Å². The molecule has 5 nitrogen and oxygen atoms in total. The molecule has 0 aliphatic heterocycles. The monoisotopic (exact) mass is 355 g/mol. The van der Waals surface area contributed by atoms with Gasteiger partial charge in [0.25, 0.3) is 0 Å². The van der Waals surface area contributed by atoms with Gasteiger partial charge in [-0.05, 0) is 19.9 Å². The summed E-state index contributed by atoms with van der Waals surface area (Å²) in [4.78, 5) is 22.2. The van der Waals surface area contributed by atoms with Crippen molar-refractivity contribution in [3.8, 4) is 10.6 Å². The molecule has 8 heteroatoms. The smallest absolute Gasteiger partial charge is 0.232 e. The van der Waals surface area contributed by atoms with Crippen molar-refractivity contribution in [2.75, 3.05) is 23.5 Å². The van der Waals surface area contributed by atoms with E-state index in [1.165, 1.54) is 17.4 Å². The van der Waals surface area contributed by atoms with Gasteiger partial charge in [0.1, 0.15) is 21.6 Å². The van der Waals surface area contributed by atoms with E-state index in [-0.39, 0.29) is 12.3 Å². The van der Waals surface area contributed by atoms with Crippen molar-refractivity contribution in [2.45, 2.75) is 20.3 Å². The number of hydrogen-bond donors (Lipinski definition) is 0. The molecule has 0 fully saturated rings. The number of aryl methyl sites for hydroxylation is 1. The first kappa shape index (κ1) is 17.8. The van der Waals surface area contributed by atoms with Crippen LogP contribution in [0.2, 0.25) is 0 Å². The van der Waals surface area contributed by atoms with Crippen molar-refractivity contribution in [1.82, 2.24) is 9.97 Å². The Morgan fingerprint density at radius 3 is 2.83 bits per heavy atom. The molecule has 2 aromatic rings. The summed E-state index contributed by atoms with van der Waals surface area (Å²) in [6.07, 6.45) is 4.49. The van der Waals surface area contributed by atoms with Gasteiger partial charge in [0, 0.05) is 18.3 Å². The molecule has 1 atom stereocenters. The lowest BCUT2D eigenvalue weighted by molar-refractivity contribution is -0.118. The molecular formula is C15H18FN3O2S2. The predicted molar refractivity (Wildman–Crippen MR) is 91.6 cm³/mol. The van der Waals surface area contributed by atoms with Crippen molar-refractivity contribution in [3.05, 3.63) is 30.0 Å². The molecule has 0 spiro atoms. The number of carbonyl (C=O) groups is 1. The van der Waals surface area contributed by atoms with Crippen LogP contribution in [0.15, 0.2) is 18.5 Å². The van der Waals surface area contributed by atoms with Crippen LogP contribution in [-0.2, 0) is 16.0 Å². The first-order valence-electron chi connectivity index (χ1n) is 7.11. The molecule has 0 radical (unpaired) electrons. The van der Waals surface area contributed by atoms with Crippen molar-refractivity contribution in [1.29, 1.82) is 0 Å². The fourth-order valence-electron chi connectivity index (χ4n) is 2.09. The molecule has 0 aliphatic carbocycles. The highest BCUT2D eigenvalue weighted by molar-refractivity contribution is 7.90. The summed E-state index contributed by atoms with van der Waals surface area (Å²) >= 11 is 0.325. The van der Waals surface area contributed by atoms with Gasteiger partial charge in [-0.2, -0.15) is 0 Å². The molecule has 2 aromatic heterocycles. The van der Waals surface area contributed by atoms with Gasteiger partial charge < -0.3 is 9.45 Å². The Labute approximate surface area is 141 Å². The Bertz CT molecular complexity index is 691. The molecule has 1 amide bonds. The fraction of sp³-hybridized carbons (Fsp3) is 0.400. The number of hydrogen-bond acceptors (Lipinski definition) is 5. The number of carbonyl (C=O) groups excluding carboxylic acids is 1. The quantitative estimate of drug-likeness (QED) is 0.747. The average Bonchev–Trinajstić information content (AvgIpc) is 2.88. The SMILES string of the molecule is CCN(C(=O)CC[S+](C)[O-])c1sc(-c2cncc(F)c2)nc1C. The van der Waals surface area contributed by atoms with E-state index in [0.717, 1.165) is 11.2 Å². The number of anilines is 1. The topological polar surface area (TPSA) is 69.2 Å². The molecule has 124 valence electrons. The van der Waals surface area contributed by atoms with Crippen LogP contribution in [0.5, 0.6) is 0 Å². The third-order valence-corrected chi connectivity index (χ3v) is 5.20. The van der Waals surface area contributed by atoms with E-state index in [0.29, 0.717) is 28.6 Å². The first-order chi connectivity index (χ1) is 10.9. The number of thiazole rings is 1. The van der Waals surface area contributed by atoms with Crippen molar-refractivity contribution in [2.24, 2.45) is 0 Å². The maximum Gasteiger partial charge on any atom is 0.232 e. The molecular weight excluding hydrogens is 337 g/mol. The van der Waals surface area contributed by atoms with Crippen LogP contribution in [0.3, 0.4) is 0 Å². The van der Waals surface area contributed by atoms with E-state index in [9.17, 15) is 13.7 Å². The van der Waals surface area contributed by atoms with Crippen molar-refractivity contribution < 1.29 is 13.7 Å². The van der Waals surface area contributed by atoms with Crippen LogP contribution in [-0.4, -0.2) is 39.0 Å². The Balaban J connectivity index is 2.26. The van der Waals surface area contributed by atoms with E-state index in [1.807, 2.05) is 13.8 Å². The van der Waals surface area contributed by atoms with E-state index < -0.39 is 17.0 Å². The summed E-state index contributed by atoms with van der Waals surface area (Å²) in [5.41, 5.74) is 1.30. The molecule has 0 saturated heterocycles. The number of rotatable bonds is 6. The second kappa shape index (κ2) is 7.85. The summed E-state index contributed by atoms with van der Waals surface area (Å²) in [5.74, 6) is -0.169. The van der Waals surface area contributed by atoms with Gasteiger partial charge in [0.15, 0.2) is 0 Å². The maximum atomic E-state index is 13.3. The second-order valence-corrected chi connectivity index (χ2v) is 7.50. The van der Waals surface area contributed by atoms with Crippen molar-refractivity contribution in [3.63, 3.8) is 0 Å². The molecule has 0 N–H and O–H groups in total. The third kappa shape index (κ3) is 4.49. The van der Waals surface area contributed by atoms with Crippen molar-refractivity contribution >= 4 is 33.4 Å². The van der Waals surface area contributed by atoms with E-state index in [2.05, 4.69) is 9.97 Å². The Kier molecular flexibility index (Phi) is 6.09. The van der Waals surface area contributed by atoms with E-state index >= 15 is 0 Å². The van der Waals surface area contributed by atoms with Crippen LogP contribution in [0.1, 0.15) is 19.0 Å². The first-order valence-corrected chi connectivity index (χ1v) is 9.65. The Hall–Kier alpha value is -1.51. The number of halogens is 1. The minimum absolute atomic E-state index is 0.0848. The zero-order valence-electron chi connectivity index (χ0n) is 13.2. The number of nitrogens with zero attached hydrogens (tertiary/aromatic N) is 3. The summed E-state index contributed by atoms with van der Waals surface area (Å²) in [7, 11) is 0. The van der Waals surface area contributed by atoms with Crippen LogP contribution >= 0.6 is 11.3 Å².